The van der Waals surface area contributed by atoms with Gasteiger partial charge in [-0.3, -0.25) is 9.36 Å². The fourth-order valence-electron chi connectivity index (χ4n) is 2.80. The summed E-state index contributed by atoms with van der Waals surface area (Å²) in [5, 5.41) is 21.5. The van der Waals surface area contributed by atoms with Gasteiger partial charge >= 0.3 is 5.69 Å². The lowest BCUT2D eigenvalue weighted by atomic mass is 9.98. The molecule has 138 valence electrons. The van der Waals surface area contributed by atoms with Crippen molar-refractivity contribution in [3.63, 3.8) is 0 Å². The zero-order valence-corrected chi connectivity index (χ0v) is 13.9. The largest absolute Gasteiger partial charge is 0.394 e. The second kappa shape index (κ2) is 6.94. The van der Waals surface area contributed by atoms with Crippen molar-refractivity contribution in [3.8, 4) is 0 Å². The number of rotatable bonds is 4. The summed E-state index contributed by atoms with van der Waals surface area (Å²) in [5.74, 6) is -0.448. The fraction of sp³-hybridized carbons (Fsp3) is 0.353. The first-order valence-corrected chi connectivity index (χ1v) is 7.93. The summed E-state index contributed by atoms with van der Waals surface area (Å²) >= 11 is 0. The number of anilines is 1. The Bertz CT molecular complexity index is 855. The molecule has 0 radical (unpaired) electrons. The number of nitrogens with one attached hydrogen (secondary N) is 1. The SMILES string of the molecule is C[C@]1(F)C(n2ccc(NC(=O)c3ccccc3)nc2=O)OC(CO)[C@H]1O. The highest BCUT2D eigenvalue weighted by molar-refractivity contribution is 6.03. The number of halogens is 1. The van der Waals surface area contributed by atoms with E-state index in [1.165, 1.54) is 12.3 Å². The van der Waals surface area contributed by atoms with Crippen molar-refractivity contribution in [2.24, 2.45) is 0 Å². The number of nitrogens with zero attached hydrogens (tertiary/aromatic N) is 2. The second-order valence-electron chi connectivity index (χ2n) is 6.13. The Labute approximate surface area is 147 Å². The van der Waals surface area contributed by atoms with E-state index in [0.717, 1.165) is 11.5 Å². The van der Waals surface area contributed by atoms with Gasteiger partial charge in [0.05, 0.1) is 6.61 Å². The third-order valence-electron chi connectivity index (χ3n) is 4.26. The number of aliphatic hydroxyl groups is 2. The molecule has 0 spiro atoms. The maximum absolute atomic E-state index is 14.8. The van der Waals surface area contributed by atoms with Crippen LogP contribution in [-0.2, 0) is 4.74 Å². The molecule has 0 bridgehead atoms. The molecule has 0 saturated carbocycles. The number of ether oxygens (including phenoxy) is 1. The van der Waals surface area contributed by atoms with E-state index in [1.807, 2.05) is 0 Å². The molecule has 1 saturated heterocycles. The Morgan fingerprint density at radius 3 is 2.65 bits per heavy atom. The van der Waals surface area contributed by atoms with E-state index in [-0.39, 0.29) is 5.82 Å². The molecule has 9 heteroatoms. The molecule has 8 nitrogen and oxygen atoms in total. The van der Waals surface area contributed by atoms with Crippen LogP contribution >= 0.6 is 0 Å². The molecule has 2 aromatic rings. The number of alkyl halides is 1. The molecule has 2 heterocycles. The van der Waals surface area contributed by atoms with Gasteiger partial charge in [0.1, 0.15) is 18.0 Å². The Hall–Kier alpha value is -2.62. The zero-order valence-electron chi connectivity index (χ0n) is 13.9. The van der Waals surface area contributed by atoms with Gasteiger partial charge in [-0.15, -0.1) is 0 Å². The molecule has 1 amide bonds. The first-order valence-electron chi connectivity index (χ1n) is 7.93. The number of benzene rings is 1. The maximum atomic E-state index is 14.8. The summed E-state index contributed by atoms with van der Waals surface area (Å²) < 4.78 is 20.9. The summed E-state index contributed by atoms with van der Waals surface area (Å²) in [5.41, 5.74) is -2.77. The molecule has 26 heavy (non-hydrogen) atoms. The van der Waals surface area contributed by atoms with Crippen LogP contribution in [0.5, 0.6) is 0 Å². The van der Waals surface area contributed by atoms with Crippen LogP contribution in [0.2, 0.25) is 0 Å². The summed E-state index contributed by atoms with van der Waals surface area (Å²) in [6.45, 7) is 0.486. The molecule has 1 aliphatic heterocycles. The van der Waals surface area contributed by atoms with E-state index >= 15 is 0 Å². The predicted molar refractivity (Wildman–Crippen MR) is 89.4 cm³/mol. The molecular formula is C17H18FN3O5. The maximum Gasteiger partial charge on any atom is 0.351 e. The monoisotopic (exact) mass is 363 g/mol. The van der Waals surface area contributed by atoms with Crippen molar-refractivity contribution in [1.29, 1.82) is 0 Å². The first kappa shape index (κ1) is 18.2. The average molecular weight is 363 g/mol. The van der Waals surface area contributed by atoms with E-state index < -0.39 is 42.3 Å². The van der Waals surface area contributed by atoms with Crippen LogP contribution in [-0.4, -0.2) is 50.2 Å². The van der Waals surface area contributed by atoms with Crippen LogP contribution in [0, 0.1) is 0 Å². The minimum atomic E-state index is -2.30. The van der Waals surface area contributed by atoms with Crippen molar-refractivity contribution in [2.75, 3.05) is 11.9 Å². The quantitative estimate of drug-likeness (QED) is 0.728. The molecule has 3 rings (SSSR count). The average Bonchev–Trinajstić information content (AvgIpc) is 2.85. The lowest BCUT2D eigenvalue weighted by molar-refractivity contribution is -0.0610. The van der Waals surface area contributed by atoms with Crippen LogP contribution in [0.3, 0.4) is 0 Å². The molecule has 1 aromatic carbocycles. The van der Waals surface area contributed by atoms with Crippen molar-refractivity contribution in [2.45, 2.75) is 31.0 Å². The van der Waals surface area contributed by atoms with Crippen molar-refractivity contribution in [1.82, 2.24) is 9.55 Å². The van der Waals surface area contributed by atoms with Gasteiger partial charge in [-0.25, -0.2) is 9.18 Å². The van der Waals surface area contributed by atoms with Crippen molar-refractivity contribution >= 4 is 11.7 Å². The molecule has 2 unspecified atom stereocenters. The van der Waals surface area contributed by atoms with Crippen molar-refractivity contribution in [3.05, 3.63) is 58.6 Å². The highest BCUT2D eigenvalue weighted by Crippen LogP contribution is 2.40. The summed E-state index contributed by atoms with van der Waals surface area (Å²) in [7, 11) is 0. The predicted octanol–water partition coefficient (Wildman–Crippen LogP) is 0.474. The minimum Gasteiger partial charge on any atom is -0.394 e. The molecule has 4 atom stereocenters. The topological polar surface area (TPSA) is 114 Å². The van der Waals surface area contributed by atoms with Gasteiger partial charge in [-0.05, 0) is 25.1 Å². The lowest BCUT2D eigenvalue weighted by Crippen LogP contribution is -2.42. The van der Waals surface area contributed by atoms with E-state index in [4.69, 9.17) is 9.84 Å². The number of carbonyl (C=O) groups excluding carboxylic acids is 1. The number of aliphatic hydroxyl groups excluding tert-OH is 2. The van der Waals surface area contributed by atoms with Gasteiger partial charge in [0.25, 0.3) is 5.91 Å². The van der Waals surface area contributed by atoms with Gasteiger partial charge < -0.3 is 20.3 Å². The number of hydrogen-bond donors (Lipinski definition) is 3. The standard InChI is InChI=1S/C17H18FN3O5/c1-17(18)13(23)11(9-22)26-15(17)21-8-7-12(20-16(21)25)19-14(24)10-5-3-2-4-6-10/h2-8,11,13,15,22-23H,9H2,1H3,(H,19,20,24,25)/t11?,13-,15?,17-/m1/s1. The van der Waals surface area contributed by atoms with Gasteiger partial charge in [-0.1, -0.05) is 18.2 Å². The van der Waals surface area contributed by atoms with E-state index in [1.54, 1.807) is 30.3 Å². The third kappa shape index (κ3) is 3.24. The van der Waals surface area contributed by atoms with E-state index in [9.17, 15) is 19.1 Å². The van der Waals surface area contributed by atoms with Gasteiger partial charge in [-0.2, -0.15) is 4.98 Å². The van der Waals surface area contributed by atoms with E-state index in [0.29, 0.717) is 5.56 Å². The normalized spacial score (nSPS) is 28.1. The summed E-state index contributed by atoms with van der Waals surface area (Å²) in [6, 6.07) is 9.69. The summed E-state index contributed by atoms with van der Waals surface area (Å²) in [6.07, 6.45) is -2.99. The molecule has 1 aliphatic rings. The molecule has 1 fully saturated rings. The fourth-order valence-corrected chi connectivity index (χ4v) is 2.80. The smallest absolute Gasteiger partial charge is 0.351 e. The van der Waals surface area contributed by atoms with Gasteiger partial charge in [0, 0.05) is 11.8 Å². The first-order chi connectivity index (χ1) is 12.3. The number of aromatic nitrogens is 2. The minimum absolute atomic E-state index is 0.00193. The number of hydrogen-bond acceptors (Lipinski definition) is 6. The Kier molecular flexibility index (Phi) is 4.86. The Morgan fingerprint density at radius 1 is 1.38 bits per heavy atom. The Balaban J connectivity index is 1.82. The second-order valence-corrected chi connectivity index (χ2v) is 6.13. The van der Waals surface area contributed by atoms with Crippen LogP contribution in [0.4, 0.5) is 10.2 Å². The van der Waals surface area contributed by atoms with E-state index in [2.05, 4.69) is 10.3 Å². The van der Waals surface area contributed by atoms with Gasteiger partial charge in [0.15, 0.2) is 11.9 Å². The molecular weight excluding hydrogens is 345 g/mol. The zero-order chi connectivity index (χ0) is 18.9. The van der Waals surface area contributed by atoms with Crippen molar-refractivity contribution < 1.29 is 24.1 Å². The number of carbonyl (C=O) groups is 1. The molecule has 0 aliphatic carbocycles. The van der Waals surface area contributed by atoms with Crippen LogP contribution in [0.1, 0.15) is 23.5 Å². The van der Waals surface area contributed by atoms with Crippen LogP contribution < -0.4 is 11.0 Å². The molecule has 3 N–H and O–H groups in total. The molecule has 1 aromatic heterocycles. The van der Waals surface area contributed by atoms with Gasteiger partial charge in [0.2, 0.25) is 0 Å². The highest BCUT2D eigenvalue weighted by Gasteiger charge is 2.55. The van der Waals surface area contributed by atoms with Crippen LogP contribution in [0.25, 0.3) is 0 Å². The Morgan fingerprint density at radius 2 is 2.08 bits per heavy atom. The highest BCUT2D eigenvalue weighted by atomic mass is 19.1. The lowest BCUT2D eigenvalue weighted by Gasteiger charge is -2.24. The summed E-state index contributed by atoms with van der Waals surface area (Å²) in [4.78, 5) is 28.0. The number of amides is 1. The third-order valence-corrected chi connectivity index (χ3v) is 4.26. The van der Waals surface area contributed by atoms with Crippen LogP contribution in [0.15, 0.2) is 47.4 Å².